The monoisotopic (exact) mass is 335 g/mol. The van der Waals surface area contributed by atoms with Gasteiger partial charge in [-0.1, -0.05) is 12.1 Å². The molecule has 2 aliphatic rings. The number of esters is 1. The van der Waals surface area contributed by atoms with Crippen LogP contribution in [-0.4, -0.2) is 37.6 Å². The highest BCUT2D eigenvalue weighted by atomic mass is 19.1. The number of carbonyl (C=O) groups is 2. The lowest BCUT2D eigenvalue weighted by Gasteiger charge is -2.17. The van der Waals surface area contributed by atoms with Crippen LogP contribution >= 0.6 is 0 Å². The summed E-state index contributed by atoms with van der Waals surface area (Å²) in [7, 11) is 1.29. The second kappa shape index (κ2) is 7.27. The minimum Gasteiger partial charge on any atom is -0.468 e. The van der Waals surface area contributed by atoms with Crippen molar-refractivity contribution in [3.63, 3.8) is 0 Å². The van der Waals surface area contributed by atoms with Gasteiger partial charge in [-0.3, -0.25) is 15.0 Å². The number of nitrogens with one attached hydrogen (secondary N) is 3. The van der Waals surface area contributed by atoms with Crippen LogP contribution in [-0.2, 0) is 14.3 Å². The van der Waals surface area contributed by atoms with E-state index in [1.165, 1.54) is 44.2 Å². The van der Waals surface area contributed by atoms with Crippen LogP contribution in [0.25, 0.3) is 0 Å². The van der Waals surface area contributed by atoms with Gasteiger partial charge < -0.3 is 10.1 Å². The molecule has 3 rings (SSSR count). The normalized spacial score (nSPS) is 24.4. The molecule has 130 valence electrons. The van der Waals surface area contributed by atoms with Crippen molar-refractivity contribution < 1.29 is 18.7 Å². The molecule has 1 saturated heterocycles. The Morgan fingerprint density at radius 3 is 2.62 bits per heavy atom. The van der Waals surface area contributed by atoms with E-state index in [1.54, 1.807) is 0 Å². The Bertz CT molecular complexity index is 604. The lowest BCUT2D eigenvalue weighted by Crippen LogP contribution is -2.45. The van der Waals surface area contributed by atoms with E-state index in [0.29, 0.717) is 17.5 Å². The number of benzene rings is 1. The van der Waals surface area contributed by atoms with Gasteiger partial charge in [0.05, 0.1) is 13.0 Å². The molecule has 1 aromatic rings. The number of amides is 1. The first-order valence-electron chi connectivity index (χ1n) is 8.20. The number of rotatable bonds is 6. The standard InChI is InChI=1S/C17H22FN3O3/c1-24-17(23)13(10-4-6-12(18)7-5-10)9-19-16(22)15-8-14(20-21-15)11-2-3-11/h4-7,11,13-15,20-21H,2-3,8-9H2,1H3,(H,19,22). The lowest BCUT2D eigenvalue weighted by molar-refractivity contribution is -0.142. The zero-order valence-corrected chi connectivity index (χ0v) is 13.5. The van der Waals surface area contributed by atoms with Gasteiger partial charge in [-0.2, -0.15) is 0 Å². The van der Waals surface area contributed by atoms with Gasteiger partial charge >= 0.3 is 5.97 Å². The van der Waals surface area contributed by atoms with Crippen LogP contribution in [0.4, 0.5) is 4.39 Å². The van der Waals surface area contributed by atoms with Crippen LogP contribution in [0.5, 0.6) is 0 Å². The van der Waals surface area contributed by atoms with E-state index in [-0.39, 0.29) is 24.3 Å². The number of ether oxygens (including phenoxy) is 1. The molecule has 1 saturated carbocycles. The minimum absolute atomic E-state index is 0.114. The summed E-state index contributed by atoms with van der Waals surface area (Å²) in [4.78, 5) is 24.3. The largest absolute Gasteiger partial charge is 0.468 e. The van der Waals surface area contributed by atoms with Crippen molar-refractivity contribution >= 4 is 11.9 Å². The van der Waals surface area contributed by atoms with E-state index in [9.17, 15) is 14.0 Å². The lowest BCUT2D eigenvalue weighted by atomic mass is 9.98. The highest BCUT2D eigenvalue weighted by Gasteiger charge is 2.39. The number of halogens is 1. The predicted octanol–water partition coefficient (Wildman–Crippen LogP) is 0.844. The highest BCUT2D eigenvalue weighted by Crippen LogP contribution is 2.35. The maximum absolute atomic E-state index is 13.1. The van der Waals surface area contributed by atoms with E-state index >= 15 is 0 Å². The summed E-state index contributed by atoms with van der Waals surface area (Å²) in [5.41, 5.74) is 6.79. The number of carbonyl (C=O) groups excluding carboxylic acids is 2. The molecule has 7 heteroatoms. The summed E-state index contributed by atoms with van der Waals surface area (Å²) in [5.74, 6) is -0.985. The third kappa shape index (κ3) is 3.91. The van der Waals surface area contributed by atoms with Crippen LogP contribution in [0.3, 0.4) is 0 Å². The molecule has 1 heterocycles. The van der Waals surface area contributed by atoms with Crippen LogP contribution in [0, 0.1) is 11.7 Å². The zero-order chi connectivity index (χ0) is 17.1. The summed E-state index contributed by atoms with van der Waals surface area (Å²) in [6.07, 6.45) is 3.17. The molecule has 1 aromatic carbocycles. The zero-order valence-electron chi connectivity index (χ0n) is 13.5. The van der Waals surface area contributed by atoms with Gasteiger partial charge in [-0.25, -0.2) is 9.82 Å². The van der Waals surface area contributed by atoms with Gasteiger partial charge in [0.2, 0.25) is 5.91 Å². The topological polar surface area (TPSA) is 79.5 Å². The van der Waals surface area contributed by atoms with Crippen LogP contribution in [0.15, 0.2) is 24.3 Å². The number of hydrogen-bond acceptors (Lipinski definition) is 5. The molecule has 1 aliphatic heterocycles. The van der Waals surface area contributed by atoms with Gasteiger partial charge in [0.15, 0.2) is 0 Å². The molecule has 3 atom stereocenters. The summed E-state index contributed by atoms with van der Waals surface area (Å²) >= 11 is 0. The second-order valence-electron chi connectivity index (χ2n) is 6.39. The van der Waals surface area contributed by atoms with Crippen molar-refractivity contribution in [2.24, 2.45) is 5.92 Å². The molecule has 1 amide bonds. The molecule has 6 nitrogen and oxygen atoms in total. The molecule has 2 fully saturated rings. The molecule has 0 aromatic heterocycles. The summed E-state index contributed by atoms with van der Waals surface area (Å²) in [6.45, 7) is 0.114. The van der Waals surface area contributed by atoms with E-state index < -0.39 is 11.9 Å². The first-order chi connectivity index (χ1) is 11.6. The Morgan fingerprint density at radius 1 is 1.29 bits per heavy atom. The van der Waals surface area contributed by atoms with Gasteiger partial charge in [-0.05, 0) is 42.9 Å². The Hall–Kier alpha value is -1.99. The Labute approximate surface area is 140 Å². The van der Waals surface area contributed by atoms with Crippen molar-refractivity contribution in [1.82, 2.24) is 16.2 Å². The van der Waals surface area contributed by atoms with Crippen molar-refractivity contribution in [3.05, 3.63) is 35.6 Å². The van der Waals surface area contributed by atoms with Gasteiger partial charge in [0, 0.05) is 12.6 Å². The average Bonchev–Trinajstić information content (AvgIpc) is 3.33. The summed E-state index contributed by atoms with van der Waals surface area (Å²) in [6, 6.07) is 5.67. The van der Waals surface area contributed by atoms with Crippen LogP contribution in [0.2, 0.25) is 0 Å². The quantitative estimate of drug-likeness (QED) is 0.672. The molecule has 3 unspecified atom stereocenters. The van der Waals surface area contributed by atoms with Gasteiger partial charge in [-0.15, -0.1) is 0 Å². The van der Waals surface area contributed by atoms with E-state index in [1.807, 2.05) is 0 Å². The molecular formula is C17H22FN3O3. The van der Waals surface area contributed by atoms with E-state index in [0.717, 1.165) is 6.42 Å². The summed E-state index contributed by atoms with van der Waals surface area (Å²) < 4.78 is 17.9. The third-order valence-corrected chi connectivity index (χ3v) is 4.68. The molecule has 0 spiro atoms. The Kier molecular flexibility index (Phi) is 5.11. The number of hydrazine groups is 1. The van der Waals surface area contributed by atoms with E-state index in [2.05, 4.69) is 16.2 Å². The van der Waals surface area contributed by atoms with Crippen molar-refractivity contribution in [1.29, 1.82) is 0 Å². The van der Waals surface area contributed by atoms with Crippen LogP contribution in [0.1, 0.15) is 30.7 Å². The summed E-state index contributed by atoms with van der Waals surface area (Å²) in [5, 5.41) is 2.80. The Balaban J connectivity index is 1.57. The number of hydrogen-bond donors (Lipinski definition) is 3. The highest BCUT2D eigenvalue weighted by molar-refractivity contribution is 5.84. The maximum atomic E-state index is 13.1. The van der Waals surface area contributed by atoms with Crippen molar-refractivity contribution in [2.45, 2.75) is 37.3 Å². The van der Waals surface area contributed by atoms with Gasteiger partial charge in [0.25, 0.3) is 0 Å². The second-order valence-corrected chi connectivity index (χ2v) is 6.39. The fourth-order valence-corrected chi connectivity index (χ4v) is 3.06. The molecule has 1 aliphatic carbocycles. The fourth-order valence-electron chi connectivity index (χ4n) is 3.06. The average molecular weight is 335 g/mol. The van der Waals surface area contributed by atoms with Gasteiger partial charge in [0.1, 0.15) is 11.9 Å². The molecule has 0 radical (unpaired) electrons. The minimum atomic E-state index is -0.659. The first kappa shape index (κ1) is 16.9. The van der Waals surface area contributed by atoms with Crippen molar-refractivity contribution in [2.75, 3.05) is 13.7 Å². The third-order valence-electron chi connectivity index (χ3n) is 4.68. The smallest absolute Gasteiger partial charge is 0.314 e. The van der Waals surface area contributed by atoms with Crippen LogP contribution < -0.4 is 16.2 Å². The maximum Gasteiger partial charge on any atom is 0.314 e. The molecule has 24 heavy (non-hydrogen) atoms. The van der Waals surface area contributed by atoms with Crippen molar-refractivity contribution in [3.8, 4) is 0 Å². The van der Waals surface area contributed by atoms with E-state index in [4.69, 9.17) is 4.74 Å². The predicted molar refractivity (Wildman–Crippen MR) is 85.4 cm³/mol. The number of methoxy groups -OCH3 is 1. The first-order valence-corrected chi connectivity index (χ1v) is 8.20. The fraction of sp³-hybridized carbons (Fsp3) is 0.529. The molecule has 3 N–H and O–H groups in total. The Morgan fingerprint density at radius 2 is 2.00 bits per heavy atom. The molecular weight excluding hydrogens is 313 g/mol. The SMILES string of the molecule is COC(=O)C(CNC(=O)C1CC(C2CC2)NN1)c1ccc(F)cc1. The molecule has 0 bridgehead atoms.